The standard InChI is InChI=1S/C27H28Cl2F3N5O2.CH2O2/c1-34-9-11-35(12-10-34)18-5-7-20(23(29)14-18)21-6-4-17(28)13-24(21)36-8-2-3-19(16-36)37-25(27(30,31)32)22(15-33-37)26(38)39;2-1-3/h4-7,13-15,19H,2-3,8-12,16H2,1H3,(H,38,39);1H,(H,2,3). The van der Waals surface area contributed by atoms with E-state index in [0.717, 1.165) is 59.6 Å². The molecule has 2 aromatic carbocycles. The second-order valence-corrected chi connectivity index (χ2v) is 11.0. The maximum atomic E-state index is 13.9. The highest BCUT2D eigenvalue weighted by molar-refractivity contribution is 6.34. The zero-order valence-corrected chi connectivity index (χ0v) is 24.2. The van der Waals surface area contributed by atoms with Crippen molar-refractivity contribution in [2.45, 2.75) is 25.1 Å². The van der Waals surface area contributed by atoms with E-state index in [1.807, 2.05) is 29.2 Å². The van der Waals surface area contributed by atoms with Gasteiger partial charge >= 0.3 is 12.1 Å². The van der Waals surface area contributed by atoms with Crippen molar-refractivity contribution in [1.29, 1.82) is 0 Å². The van der Waals surface area contributed by atoms with Gasteiger partial charge in [-0.05, 0) is 44.2 Å². The summed E-state index contributed by atoms with van der Waals surface area (Å²) in [4.78, 5) is 26.4. The van der Waals surface area contributed by atoms with E-state index < -0.39 is 29.4 Å². The second kappa shape index (κ2) is 13.2. The van der Waals surface area contributed by atoms with Crippen LogP contribution in [0.25, 0.3) is 11.1 Å². The number of benzene rings is 2. The van der Waals surface area contributed by atoms with Crippen molar-refractivity contribution in [2.24, 2.45) is 0 Å². The molecule has 0 bridgehead atoms. The lowest BCUT2D eigenvalue weighted by Gasteiger charge is -2.36. The molecule has 2 aliphatic heterocycles. The van der Waals surface area contributed by atoms with Crippen LogP contribution < -0.4 is 9.80 Å². The van der Waals surface area contributed by atoms with Gasteiger partial charge in [-0.25, -0.2) is 4.79 Å². The molecule has 226 valence electrons. The normalized spacial score (nSPS) is 17.9. The summed E-state index contributed by atoms with van der Waals surface area (Å²) >= 11 is 13.2. The van der Waals surface area contributed by atoms with Crippen molar-refractivity contribution in [1.82, 2.24) is 14.7 Å². The van der Waals surface area contributed by atoms with Crippen LogP contribution in [0.1, 0.15) is 34.9 Å². The van der Waals surface area contributed by atoms with Crippen LogP contribution in [0.3, 0.4) is 0 Å². The van der Waals surface area contributed by atoms with Crippen LogP contribution in [0.4, 0.5) is 24.5 Å². The van der Waals surface area contributed by atoms with Gasteiger partial charge in [-0.3, -0.25) is 9.48 Å². The maximum absolute atomic E-state index is 13.9. The number of piperazine rings is 1. The molecule has 14 heteroatoms. The molecule has 0 aliphatic carbocycles. The van der Waals surface area contributed by atoms with Gasteiger partial charge in [0.1, 0.15) is 5.56 Å². The molecular weight excluding hydrogens is 598 g/mol. The Kier molecular flexibility index (Phi) is 9.90. The number of anilines is 2. The van der Waals surface area contributed by atoms with Crippen molar-refractivity contribution in [2.75, 3.05) is 56.1 Å². The Morgan fingerprint density at radius 3 is 2.31 bits per heavy atom. The first-order chi connectivity index (χ1) is 19.9. The second-order valence-electron chi connectivity index (χ2n) is 10.1. The molecular formula is C28H30Cl2F3N5O4. The van der Waals surface area contributed by atoms with E-state index in [4.69, 9.17) is 33.1 Å². The Morgan fingerprint density at radius 2 is 1.69 bits per heavy atom. The number of halogens is 5. The minimum atomic E-state index is -4.85. The first-order valence-electron chi connectivity index (χ1n) is 13.2. The predicted octanol–water partition coefficient (Wildman–Crippen LogP) is 5.87. The lowest BCUT2D eigenvalue weighted by Crippen LogP contribution is -2.44. The third-order valence-corrected chi connectivity index (χ3v) is 8.00. The number of alkyl halides is 3. The number of likely N-dealkylation sites (N-methyl/N-ethyl adjacent to an activating group) is 1. The molecule has 0 amide bonds. The summed E-state index contributed by atoms with van der Waals surface area (Å²) in [5.74, 6) is -1.66. The van der Waals surface area contributed by atoms with E-state index in [-0.39, 0.29) is 13.0 Å². The van der Waals surface area contributed by atoms with Gasteiger partial charge in [0.05, 0.1) is 17.3 Å². The van der Waals surface area contributed by atoms with E-state index in [1.54, 1.807) is 12.1 Å². The molecule has 2 fully saturated rings. The van der Waals surface area contributed by atoms with E-state index in [9.17, 15) is 23.1 Å². The minimum Gasteiger partial charge on any atom is -0.483 e. The Labute approximate surface area is 250 Å². The quantitative estimate of drug-likeness (QED) is 0.339. The number of carboxylic acid groups (broad SMARTS) is 2. The molecule has 42 heavy (non-hydrogen) atoms. The topological polar surface area (TPSA) is 102 Å². The summed E-state index contributed by atoms with van der Waals surface area (Å²) < 4.78 is 42.4. The largest absolute Gasteiger partial charge is 0.483 e. The average Bonchev–Trinajstić information content (AvgIpc) is 3.41. The minimum absolute atomic E-state index is 0.203. The van der Waals surface area contributed by atoms with Crippen molar-refractivity contribution in [3.05, 3.63) is 63.9 Å². The first kappa shape index (κ1) is 31.5. The van der Waals surface area contributed by atoms with Crippen molar-refractivity contribution in [3.8, 4) is 11.1 Å². The SMILES string of the molecule is CN1CCN(c2ccc(-c3ccc(Cl)cc3N3CCCC(n4ncc(C(=O)O)c4C(F)(F)F)C3)c(Cl)c2)CC1.O=CO. The average molecular weight is 628 g/mol. The molecule has 0 radical (unpaired) electrons. The van der Waals surface area contributed by atoms with E-state index in [1.165, 1.54) is 0 Å². The van der Waals surface area contributed by atoms with Gasteiger partial charge in [-0.15, -0.1) is 0 Å². The zero-order chi connectivity index (χ0) is 30.6. The summed E-state index contributed by atoms with van der Waals surface area (Å²) in [6, 6.07) is 10.7. The van der Waals surface area contributed by atoms with Gasteiger partial charge in [0.2, 0.25) is 0 Å². The monoisotopic (exact) mass is 627 g/mol. The lowest BCUT2D eigenvalue weighted by atomic mass is 9.99. The molecule has 3 aromatic rings. The molecule has 3 heterocycles. The first-order valence-corrected chi connectivity index (χ1v) is 13.9. The Bertz CT molecular complexity index is 1430. The number of carboxylic acids is 1. The lowest BCUT2D eigenvalue weighted by molar-refractivity contribution is -0.145. The highest BCUT2D eigenvalue weighted by Crippen LogP contribution is 2.41. The van der Waals surface area contributed by atoms with Crippen molar-refractivity contribution < 1.29 is 33.0 Å². The number of nitrogens with zero attached hydrogens (tertiary/aromatic N) is 5. The van der Waals surface area contributed by atoms with Gasteiger partial charge in [0.15, 0.2) is 5.69 Å². The highest BCUT2D eigenvalue weighted by atomic mass is 35.5. The zero-order valence-electron chi connectivity index (χ0n) is 22.7. The molecule has 2 N–H and O–H groups in total. The van der Waals surface area contributed by atoms with E-state index in [2.05, 4.69) is 21.9 Å². The summed E-state index contributed by atoms with van der Waals surface area (Å²) in [6.45, 7) is 4.30. The smallest absolute Gasteiger partial charge is 0.433 e. The fraction of sp³-hybridized carbons (Fsp3) is 0.393. The number of aromatic nitrogens is 2. The van der Waals surface area contributed by atoms with Crippen molar-refractivity contribution >= 4 is 47.0 Å². The van der Waals surface area contributed by atoms with Gasteiger partial charge in [-0.1, -0.05) is 35.3 Å². The summed E-state index contributed by atoms with van der Waals surface area (Å²) in [6.07, 6.45) is -3.06. The van der Waals surface area contributed by atoms with Crippen molar-refractivity contribution in [3.63, 3.8) is 0 Å². The molecule has 2 aliphatic rings. The number of aromatic carboxylic acids is 1. The predicted molar refractivity (Wildman–Crippen MR) is 155 cm³/mol. The van der Waals surface area contributed by atoms with Gasteiger partial charge in [-0.2, -0.15) is 18.3 Å². The molecule has 9 nitrogen and oxygen atoms in total. The molecule has 0 saturated carbocycles. The molecule has 1 aromatic heterocycles. The fourth-order valence-corrected chi connectivity index (χ4v) is 5.87. The summed E-state index contributed by atoms with van der Waals surface area (Å²) in [5.41, 5.74) is 1.31. The van der Waals surface area contributed by atoms with E-state index in [0.29, 0.717) is 29.4 Å². The van der Waals surface area contributed by atoms with Crippen LogP contribution in [-0.2, 0) is 11.0 Å². The third kappa shape index (κ3) is 6.93. The maximum Gasteiger partial charge on any atom is 0.433 e. The van der Waals surface area contributed by atoms with Crippen LogP contribution >= 0.6 is 23.2 Å². The van der Waals surface area contributed by atoms with Crippen LogP contribution in [0.2, 0.25) is 10.0 Å². The van der Waals surface area contributed by atoms with E-state index >= 15 is 0 Å². The fourth-order valence-electron chi connectivity index (χ4n) is 5.43. The number of hydrogen-bond acceptors (Lipinski definition) is 6. The van der Waals surface area contributed by atoms with Crippen LogP contribution in [0, 0.1) is 0 Å². The third-order valence-electron chi connectivity index (χ3n) is 7.45. The summed E-state index contributed by atoms with van der Waals surface area (Å²) in [5, 5.41) is 21.1. The highest BCUT2D eigenvalue weighted by Gasteiger charge is 2.42. The van der Waals surface area contributed by atoms with Gasteiger partial charge < -0.3 is 24.9 Å². The van der Waals surface area contributed by atoms with Crippen LogP contribution in [-0.4, -0.2) is 83.7 Å². The molecule has 2 saturated heterocycles. The summed E-state index contributed by atoms with van der Waals surface area (Å²) in [7, 11) is 2.10. The number of rotatable bonds is 5. The van der Waals surface area contributed by atoms with Gasteiger partial charge in [0, 0.05) is 66.8 Å². The Hall–Kier alpha value is -3.48. The number of piperidine rings is 1. The Morgan fingerprint density at radius 1 is 1.02 bits per heavy atom. The molecule has 5 rings (SSSR count). The molecule has 1 unspecified atom stereocenters. The Balaban J connectivity index is 0.00000129. The number of hydrogen-bond donors (Lipinski definition) is 2. The van der Waals surface area contributed by atoms with Crippen LogP contribution in [0.5, 0.6) is 0 Å². The molecule has 0 spiro atoms. The number of carbonyl (C=O) groups is 2. The van der Waals surface area contributed by atoms with Gasteiger partial charge in [0.25, 0.3) is 6.47 Å². The molecule has 1 atom stereocenters. The van der Waals surface area contributed by atoms with Crippen LogP contribution in [0.15, 0.2) is 42.6 Å².